The van der Waals surface area contributed by atoms with Crippen LogP contribution in [0.4, 0.5) is 0 Å². The van der Waals surface area contributed by atoms with Crippen LogP contribution in [0.15, 0.2) is 60.7 Å². The molecule has 0 aliphatic carbocycles. The summed E-state index contributed by atoms with van der Waals surface area (Å²) in [7, 11) is 0. The van der Waals surface area contributed by atoms with E-state index in [9.17, 15) is 0 Å². The lowest BCUT2D eigenvalue weighted by Gasteiger charge is -2.03. The van der Waals surface area contributed by atoms with Crippen molar-refractivity contribution in [3.05, 3.63) is 71.8 Å². The van der Waals surface area contributed by atoms with Gasteiger partial charge in [0.1, 0.15) is 11.7 Å². The van der Waals surface area contributed by atoms with E-state index in [4.69, 9.17) is 10.8 Å². The van der Waals surface area contributed by atoms with Crippen molar-refractivity contribution < 1.29 is 0 Å². The van der Waals surface area contributed by atoms with Crippen LogP contribution in [-0.4, -0.2) is 24.8 Å². The van der Waals surface area contributed by atoms with Gasteiger partial charge in [-0.25, -0.2) is 0 Å². The van der Waals surface area contributed by atoms with Crippen LogP contribution in [0.3, 0.4) is 0 Å². The van der Waals surface area contributed by atoms with E-state index in [0.29, 0.717) is 11.7 Å². The molecule has 4 nitrogen and oxygen atoms in total. The molecule has 0 saturated heterocycles. The fourth-order valence-corrected chi connectivity index (χ4v) is 1.77. The molecule has 0 radical (unpaired) electrons. The van der Waals surface area contributed by atoms with Crippen molar-refractivity contribution in [2.45, 2.75) is 13.8 Å². The third kappa shape index (κ3) is 9.18. The largest absolute Gasteiger partial charge is 0.370 e. The van der Waals surface area contributed by atoms with Gasteiger partial charge in [0.15, 0.2) is 0 Å². The van der Waals surface area contributed by atoms with Crippen LogP contribution < -0.4 is 10.6 Å². The summed E-state index contributed by atoms with van der Waals surface area (Å²) < 4.78 is 0. The second-order valence-corrected chi connectivity index (χ2v) is 4.54. The van der Waals surface area contributed by atoms with Gasteiger partial charge in [-0.05, 0) is 13.8 Å². The maximum absolute atomic E-state index is 7.52. The Morgan fingerprint density at radius 1 is 0.667 bits per heavy atom. The Morgan fingerprint density at radius 3 is 1.21 bits per heavy atom. The first-order valence-electron chi connectivity index (χ1n) is 7.44. The summed E-state index contributed by atoms with van der Waals surface area (Å²) in [4.78, 5) is 0. The zero-order valence-electron chi connectivity index (χ0n) is 14.0. The quantitative estimate of drug-likeness (QED) is 0.484. The highest BCUT2D eigenvalue weighted by Gasteiger charge is 1.96. The maximum atomic E-state index is 7.52. The molecule has 0 fully saturated rings. The lowest BCUT2D eigenvalue weighted by Crippen LogP contribution is -2.22. The van der Waals surface area contributed by atoms with Crippen molar-refractivity contribution in [1.29, 1.82) is 10.8 Å². The topological polar surface area (TPSA) is 71.8 Å². The van der Waals surface area contributed by atoms with Gasteiger partial charge >= 0.3 is 0 Å². The molecule has 0 aliphatic rings. The Kier molecular flexibility index (Phi) is 14.7. The molecule has 0 heterocycles. The molecule has 0 spiro atoms. The molecule has 0 atom stereocenters. The van der Waals surface area contributed by atoms with Crippen LogP contribution in [0.5, 0.6) is 0 Å². The van der Waals surface area contributed by atoms with E-state index in [2.05, 4.69) is 10.6 Å². The van der Waals surface area contributed by atoms with E-state index in [0.717, 1.165) is 24.2 Å². The molecule has 2 aromatic rings. The summed E-state index contributed by atoms with van der Waals surface area (Å²) in [5.74, 6) is 0.987. The van der Waals surface area contributed by atoms with Gasteiger partial charge in [0.25, 0.3) is 0 Å². The monoisotopic (exact) mass is 368 g/mol. The van der Waals surface area contributed by atoms with Crippen LogP contribution in [-0.2, 0) is 0 Å². The van der Waals surface area contributed by atoms with Crippen molar-refractivity contribution in [2.75, 3.05) is 13.1 Å². The standard InChI is InChI=1S/2C9H12N2.2ClH/c2*1-2-11-9(10)8-6-4-3-5-7-8;;/h2*3-7H,2H2,1H3,(H2,10,11);2*1H. The highest BCUT2D eigenvalue weighted by molar-refractivity contribution is 5.96. The number of halogens is 2. The Balaban J connectivity index is 0. The fourth-order valence-electron chi connectivity index (χ4n) is 1.77. The number of hydrogen-bond donors (Lipinski definition) is 4. The summed E-state index contributed by atoms with van der Waals surface area (Å²) in [5, 5.41) is 20.9. The molecule has 24 heavy (non-hydrogen) atoms. The van der Waals surface area contributed by atoms with Crippen molar-refractivity contribution in [1.82, 2.24) is 10.6 Å². The van der Waals surface area contributed by atoms with Gasteiger partial charge in [-0.2, -0.15) is 0 Å². The van der Waals surface area contributed by atoms with Gasteiger partial charge in [0.05, 0.1) is 0 Å². The predicted octanol–water partition coefficient (Wildman–Crippen LogP) is 4.09. The third-order valence-electron chi connectivity index (χ3n) is 2.83. The van der Waals surface area contributed by atoms with Gasteiger partial charge < -0.3 is 10.6 Å². The van der Waals surface area contributed by atoms with Crippen LogP contribution in [0.25, 0.3) is 0 Å². The first-order chi connectivity index (χ1) is 10.7. The Morgan fingerprint density at radius 2 is 0.958 bits per heavy atom. The Bertz CT molecular complexity index is 521. The molecule has 0 aliphatic heterocycles. The lowest BCUT2D eigenvalue weighted by atomic mass is 10.2. The number of hydrogen-bond acceptors (Lipinski definition) is 2. The van der Waals surface area contributed by atoms with Crippen LogP contribution in [0.2, 0.25) is 0 Å². The lowest BCUT2D eigenvalue weighted by molar-refractivity contribution is 0.958. The third-order valence-corrected chi connectivity index (χ3v) is 2.83. The first-order valence-corrected chi connectivity index (χ1v) is 7.44. The molecule has 0 aromatic heterocycles. The van der Waals surface area contributed by atoms with E-state index in [-0.39, 0.29) is 24.8 Å². The van der Waals surface area contributed by atoms with E-state index >= 15 is 0 Å². The molecule has 132 valence electrons. The molecule has 0 bridgehead atoms. The SMILES string of the molecule is CCNC(=N)c1ccccc1.CCNC(=N)c1ccccc1.Cl.Cl. The van der Waals surface area contributed by atoms with E-state index in [1.54, 1.807) is 0 Å². The smallest absolute Gasteiger partial charge is 0.125 e. The Labute approximate surface area is 156 Å². The van der Waals surface area contributed by atoms with E-state index in [1.165, 1.54) is 0 Å². The molecule has 0 saturated carbocycles. The summed E-state index contributed by atoms with van der Waals surface area (Å²) in [5.41, 5.74) is 1.88. The van der Waals surface area contributed by atoms with Gasteiger partial charge in [-0.3, -0.25) is 10.8 Å². The van der Waals surface area contributed by atoms with Crippen LogP contribution in [0, 0.1) is 10.8 Å². The first kappa shape index (κ1) is 24.2. The minimum atomic E-state index is 0. The van der Waals surface area contributed by atoms with Crippen molar-refractivity contribution >= 4 is 36.5 Å². The van der Waals surface area contributed by atoms with E-state index < -0.39 is 0 Å². The van der Waals surface area contributed by atoms with Crippen LogP contribution in [0.1, 0.15) is 25.0 Å². The molecule has 6 heteroatoms. The van der Waals surface area contributed by atoms with Gasteiger partial charge in [-0.1, -0.05) is 60.7 Å². The van der Waals surface area contributed by atoms with Crippen molar-refractivity contribution in [3.8, 4) is 0 Å². The minimum absolute atomic E-state index is 0. The molecule has 2 aromatic carbocycles. The normalized spacial score (nSPS) is 8.42. The zero-order valence-corrected chi connectivity index (χ0v) is 15.6. The van der Waals surface area contributed by atoms with Crippen molar-refractivity contribution in [3.63, 3.8) is 0 Å². The highest BCUT2D eigenvalue weighted by Crippen LogP contribution is 1.97. The van der Waals surface area contributed by atoms with Gasteiger partial charge in [0, 0.05) is 24.2 Å². The number of rotatable bonds is 4. The number of nitrogens with one attached hydrogen (secondary N) is 4. The maximum Gasteiger partial charge on any atom is 0.125 e. The molecular weight excluding hydrogens is 343 g/mol. The minimum Gasteiger partial charge on any atom is -0.370 e. The average Bonchev–Trinajstić information content (AvgIpc) is 2.57. The number of amidine groups is 2. The molecular formula is C18H26Cl2N4. The molecule has 0 amide bonds. The molecule has 0 unspecified atom stereocenters. The second-order valence-electron chi connectivity index (χ2n) is 4.54. The fraction of sp³-hybridized carbons (Fsp3) is 0.222. The average molecular weight is 369 g/mol. The Hall–Kier alpha value is -2.04. The van der Waals surface area contributed by atoms with Gasteiger partial charge in [0.2, 0.25) is 0 Å². The zero-order chi connectivity index (χ0) is 16.2. The van der Waals surface area contributed by atoms with Crippen molar-refractivity contribution in [2.24, 2.45) is 0 Å². The summed E-state index contributed by atoms with van der Waals surface area (Å²) in [6.45, 7) is 5.57. The summed E-state index contributed by atoms with van der Waals surface area (Å²) >= 11 is 0. The number of benzene rings is 2. The van der Waals surface area contributed by atoms with Crippen LogP contribution >= 0.6 is 24.8 Å². The highest BCUT2D eigenvalue weighted by atomic mass is 35.5. The predicted molar refractivity (Wildman–Crippen MR) is 108 cm³/mol. The molecule has 2 rings (SSSR count). The molecule has 4 N–H and O–H groups in total. The summed E-state index contributed by atoms with van der Waals surface area (Å²) in [6.07, 6.45) is 0. The van der Waals surface area contributed by atoms with E-state index in [1.807, 2.05) is 74.5 Å². The summed E-state index contributed by atoms with van der Waals surface area (Å²) in [6, 6.07) is 19.3. The second kappa shape index (κ2) is 14.5. The van der Waals surface area contributed by atoms with Gasteiger partial charge in [-0.15, -0.1) is 24.8 Å².